The van der Waals surface area contributed by atoms with Gasteiger partial charge in [0, 0.05) is 58.4 Å². The van der Waals surface area contributed by atoms with Crippen molar-refractivity contribution in [3.63, 3.8) is 0 Å². The van der Waals surface area contributed by atoms with Crippen LogP contribution in [0.3, 0.4) is 0 Å². The standard InChI is InChI=1S/C50H55N3O6S2/c1-49(2)42-31-40(60(54,55)56)25-27-44(42)52(33-35-15-8-5-9-16-35)46(49)29-23-37-19-14-20-38(48(37)51-39-21-12-7-13-22-39)24-30-47-50(3,4)43-32-41(61(57,58)59)26-28-45(43)53(47)34-36-17-10-6-11-18-36/h5-6,8-11,15-18,23-32,39H,7,12-14,19-22,33-34H2,1-4H3,(H2,54,55,56,57,58,59)/b37-23+,46-29+. The summed E-state index contributed by atoms with van der Waals surface area (Å²) >= 11 is 0. The fraction of sp³-hybridized carbons (Fsp3) is 0.340. The van der Waals surface area contributed by atoms with Gasteiger partial charge in [0.2, 0.25) is 5.69 Å². The van der Waals surface area contributed by atoms with E-state index in [0.29, 0.717) is 19.1 Å². The third-order valence-electron chi connectivity index (χ3n) is 13.1. The van der Waals surface area contributed by atoms with E-state index in [4.69, 9.17) is 0 Å². The molecule has 2 aliphatic carbocycles. The topological polar surface area (TPSA) is 130 Å². The lowest BCUT2D eigenvalue weighted by atomic mass is 9.81. The van der Waals surface area contributed by atoms with E-state index in [0.717, 1.165) is 82.8 Å². The maximum absolute atomic E-state index is 12.3. The lowest BCUT2D eigenvalue weighted by molar-refractivity contribution is -0.455. The maximum atomic E-state index is 12.3. The van der Waals surface area contributed by atoms with Gasteiger partial charge in [0.1, 0.15) is 10.1 Å². The smallest absolute Gasteiger partial charge is 0.294 e. The van der Waals surface area contributed by atoms with E-state index >= 15 is 0 Å². The van der Waals surface area contributed by atoms with Crippen molar-refractivity contribution in [2.24, 2.45) is 0 Å². The molecular weight excluding hydrogens is 803 g/mol. The van der Waals surface area contributed by atoms with Gasteiger partial charge in [-0.05, 0) is 105 Å². The Hall–Kier alpha value is -5.07. The Labute approximate surface area is 361 Å². The Balaban J connectivity index is 1.24. The number of nitrogens with zero attached hydrogens (tertiary/aromatic N) is 2. The summed E-state index contributed by atoms with van der Waals surface area (Å²) in [5.41, 5.74) is 10.1. The molecule has 11 heteroatoms. The number of rotatable bonds is 11. The van der Waals surface area contributed by atoms with E-state index in [9.17, 15) is 25.9 Å². The molecule has 4 aromatic carbocycles. The Morgan fingerprint density at radius 2 is 1.41 bits per heavy atom. The molecule has 0 amide bonds. The minimum Gasteiger partial charge on any atom is -0.744 e. The molecular formula is C50H55N3O6S2. The molecule has 2 aliphatic heterocycles. The van der Waals surface area contributed by atoms with Crippen LogP contribution in [0.15, 0.2) is 154 Å². The average molecular weight is 858 g/mol. The molecule has 61 heavy (non-hydrogen) atoms. The second kappa shape index (κ2) is 16.7. The van der Waals surface area contributed by atoms with Crippen LogP contribution in [0.5, 0.6) is 0 Å². The summed E-state index contributed by atoms with van der Waals surface area (Å²) in [5.74, 6) is 0. The summed E-state index contributed by atoms with van der Waals surface area (Å²) in [6.45, 7) is 9.56. The van der Waals surface area contributed by atoms with Gasteiger partial charge in [0.05, 0.1) is 15.2 Å². The Morgan fingerprint density at radius 3 is 2.08 bits per heavy atom. The summed E-state index contributed by atoms with van der Waals surface area (Å²) in [7, 11) is -9.05. The summed E-state index contributed by atoms with van der Waals surface area (Å²) in [5, 5.41) is 4.03. The van der Waals surface area contributed by atoms with Gasteiger partial charge in [-0.15, -0.1) is 0 Å². The zero-order chi connectivity index (χ0) is 43.2. The molecule has 2 N–H and O–H groups in total. The normalized spacial score (nSPS) is 20.5. The summed E-state index contributed by atoms with van der Waals surface area (Å²) in [4.78, 5) is 1.92. The van der Waals surface area contributed by atoms with Crippen molar-refractivity contribution >= 4 is 37.3 Å². The van der Waals surface area contributed by atoms with Gasteiger partial charge >= 0.3 is 0 Å². The van der Waals surface area contributed by atoms with Gasteiger partial charge in [-0.2, -0.15) is 13.0 Å². The van der Waals surface area contributed by atoms with Crippen LogP contribution in [0, 0.1) is 0 Å². The van der Waals surface area contributed by atoms with E-state index in [2.05, 4.69) is 91.1 Å². The number of hydrogen-bond acceptors (Lipinski definition) is 7. The van der Waals surface area contributed by atoms with Crippen LogP contribution in [-0.4, -0.2) is 42.3 Å². The third kappa shape index (κ3) is 8.71. The maximum Gasteiger partial charge on any atom is 0.294 e. The van der Waals surface area contributed by atoms with E-state index in [-0.39, 0.29) is 9.79 Å². The lowest BCUT2D eigenvalue weighted by Gasteiger charge is -2.31. The SMILES string of the molecule is CC1(C)C(/C=C/C2=C(NC3CCCCC3)C(=C/C=C3/N(Cc4ccccc4)c4ccc(S(=O)(=O)O)cc4C3(C)C)/CCC2)=[N+](Cc2ccccc2)c2ccc(S(=O)(=O)[O-])cc21. The first-order chi connectivity index (χ1) is 29.0. The molecule has 4 aromatic rings. The zero-order valence-corrected chi connectivity index (χ0v) is 37.0. The second-order valence-electron chi connectivity index (χ2n) is 17.9. The molecule has 0 aromatic heterocycles. The predicted molar refractivity (Wildman–Crippen MR) is 241 cm³/mol. The number of benzene rings is 4. The van der Waals surface area contributed by atoms with Crippen molar-refractivity contribution < 1.29 is 30.5 Å². The van der Waals surface area contributed by atoms with Crippen LogP contribution >= 0.6 is 0 Å². The van der Waals surface area contributed by atoms with E-state index < -0.39 is 31.1 Å². The molecule has 0 unspecified atom stereocenters. The Morgan fingerprint density at radius 1 is 0.754 bits per heavy atom. The number of fused-ring (bicyclic) bond motifs is 2. The van der Waals surface area contributed by atoms with E-state index in [1.165, 1.54) is 42.5 Å². The lowest BCUT2D eigenvalue weighted by Crippen LogP contribution is -2.33. The van der Waals surface area contributed by atoms with Crippen molar-refractivity contribution in [3.05, 3.63) is 166 Å². The van der Waals surface area contributed by atoms with Crippen LogP contribution in [-0.2, 0) is 44.2 Å². The van der Waals surface area contributed by atoms with Crippen molar-refractivity contribution in [3.8, 4) is 0 Å². The molecule has 318 valence electrons. The van der Waals surface area contributed by atoms with Crippen molar-refractivity contribution in [2.45, 2.75) is 119 Å². The van der Waals surface area contributed by atoms with Crippen LogP contribution in [0.1, 0.15) is 101 Å². The van der Waals surface area contributed by atoms with Gasteiger partial charge in [0.15, 0.2) is 12.3 Å². The molecule has 1 saturated carbocycles. The number of nitrogens with one attached hydrogen (secondary N) is 1. The van der Waals surface area contributed by atoms with Gasteiger partial charge in [-0.3, -0.25) is 4.55 Å². The molecule has 0 spiro atoms. The highest BCUT2D eigenvalue weighted by atomic mass is 32.2. The molecule has 0 radical (unpaired) electrons. The molecule has 4 aliphatic rings. The van der Waals surface area contributed by atoms with E-state index in [1.54, 1.807) is 24.3 Å². The molecule has 0 atom stereocenters. The number of hydrogen-bond donors (Lipinski definition) is 2. The Bertz CT molecular complexity index is 2720. The van der Waals surface area contributed by atoms with Crippen molar-refractivity contribution in [1.82, 2.24) is 5.32 Å². The fourth-order valence-electron chi connectivity index (χ4n) is 9.75. The van der Waals surface area contributed by atoms with Gasteiger partial charge in [0.25, 0.3) is 10.1 Å². The first-order valence-electron chi connectivity index (χ1n) is 21.3. The zero-order valence-electron chi connectivity index (χ0n) is 35.4. The summed E-state index contributed by atoms with van der Waals surface area (Å²) < 4.78 is 73.4. The minimum atomic E-state index is -4.65. The summed E-state index contributed by atoms with van der Waals surface area (Å²) in [6.07, 6.45) is 17.4. The van der Waals surface area contributed by atoms with Crippen LogP contribution < -0.4 is 10.2 Å². The quantitative estimate of drug-likeness (QED) is 0.113. The molecule has 8 rings (SSSR count). The molecule has 0 saturated heterocycles. The van der Waals surface area contributed by atoms with E-state index in [1.807, 2.05) is 36.4 Å². The fourth-order valence-corrected chi connectivity index (χ4v) is 10.8. The predicted octanol–water partition coefficient (Wildman–Crippen LogP) is 10.1. The first kappa shape index (κ1) is 42.6. The molecule has 1 fully saturated rings. The average Bonchev–Trinajstić information content (AvgIpc) is 3.57. The van der Waals surface area contributed by atoms with Crippen molar-refractivity contribution in [1.29, 1.82) is 0 Å². The highest BCUT2D eigenvalue weighted by Crippen LogP contribution is 2.49. The van der Waals surface area contributed by atoms with Crippen molar-refractivity contribution in [2.75, 3.05) is 4.90 Å². The molecule has 9 nitrogen and oxygen atoms in total. The van der Waals surface area contributed by atoms with Gasteiger partial charge in [-0.25, -0.2) is 8.42 Å². The first-order valence-corrected chi connectivity index (χ1v) is 24.2. The third-order valence-corrected chi connectivity index (χ3v) is 14.7. The molecule has 2 heterocycles. The highest BCUT2D eigenvalue weighted by Gasteiger charge is 2.45. The van der Waals surface area contributed by atoms with Crippen LogP contribution in [0.25, 0.3) is 0 Å². The van der Waals surface area contributed by atoms with Crippen LogP contribution in [0.2, 0.25) is 0 Å². The monoisotopic (exact) mass is 857 g/mol. The van der Waals surface area contributed by atoms with Crippen LogP contribution in [0.4, 0.5) is 11.4 Å². The number of anilines is 1. The van der Waals surface area contributed by atoms with Gasteiger partial charge in [-0.1, -0.05) is 106 Å². The van der Waals surface area contributed by atoms with Gasteiger partial charge < -0.3 is 14.8 Å². The number of allylic oxidation sites excluding steroid dienone is 7. The molecule has 0 bridgehead atoms. The second-order valence-corrected chi connectivity index (χ2v) is 20.7. The highest BCUT2D eigenvalue weighted by molar-refractivity contribution is 7.86. The Kier molecular flexibility index (Phi) is 11.6. The largest absolute Gasteiger partial charge is 0.744 e. The summed E-state index contributed by atoms with van der Waals surface area (Å²) in [6, 6.07) is 30.4. The minimum absolute atomic E-state index is 0.117.